The second kappa shape index (κ2) is 4.31. The molecule has 0 aliphatic carbocycles. The van der Waals surface area contributed by atoms with Gasteiger partial charge in [-0.3, -0.25) is 4.79 Å². The Hall–Kier alpha value is -1.55. The molecule has 1 N–H and O–H groups in total. The fraction of sp³-hybridized carbons (Fsp3) is 0.200. The van der Waals surface area contributed by atoms with E-state index in [1.807, 2.05) is 31.2 Å². The smallest absolute Gasteiger partial charge is 0.323 e. The molecule has 0 fully saturated rings. The average Bonchev–Trinajstić information content (AvgIpc) is 2.43. The quantitative estimate of drug-likeness (QED) is 0.850. The van der Waals surface area contributed by atoms with Crippen LogP contribution in [-0.2, 0) is 11.3 Å². The van der Waals surface area contributed by atoms with Crippen molar-refractivity contribution in [2.75, 3.05) is 0 Å². The van der Waals surface area contributed by atoms with Gasteiger partial charge in [-0.15, -0.1) is 12.4 Å². The zero-order valence-electron chi connectivity index (χ0n) is 8.17. The van der Waals surface area contributed by atoms with E-state index >= 15 is 0 Å². The van der Waals surface area contributed by atoms with Crippen molar-refractivity contribution < 1.29 is 9.90 Å². The molecule has 5 heteroatoms. The number of nitrogens with zero attached hydrogens (tertiary/aromatic N) is 2. The van der Waals surface area contributed by atoms with E-state index in [1.165, 1.54) is 0 Å². The van der Waals surface area contributed by atoms with Gasteiger partial charge in [0, 0.05) is 0 Å². The van der Waals surface area contributed by atoms with Crippen LogP contribution in [0, 0.1) is 6.92 Å². The number of aromatic nitrogens is 2. The van der Waals surface area contributed by atoms with Crippen LogP contribution in [0.1, 0.15) is 5.82 Å². The van der Waals surface area contributed by atoms with Gasteiger partial charge in [0.1, 0.15) is 12.4 Å². The van der Waals surface area contributed by atoms with Crippen LogP contribution in [0.5, 0.6) is 0 Å². The Bertz CT molecular complexity index is 493. The Labute approximate surface area is 93.0 Å². The highest BCUT2D eigenvalue weighted by atomic mass is 35.5. The van der Waals surface area contributed by atoms with Gasteiger partial charge in [-0.05, 0) is 19.1 Å². The highest BCUT2D eigenvalue weighted by Crippen LogP contribution is 2.14. The van der Waals surface area contributed by atoms with Crippen LogP contribution in [-0.4, -0.2) is 20.6 Å². The molecule has 15 heavy (non-hydrogen) atoms. The third kappa shape index (κ3) is 2.10. The number of carboxylic acids is 1. The number of halogens is 1. The summed E-state index contributed by atoms with van der Waals surface area (Å²) in [6.07, 6.45) is 0. The molecule has 1 aromatic carbocycles. The maximum atomic E-state index is 10.6. The summed E-state index contributed by atoms with van der Waals surface area (Å²) in [6.45, 7) is 1.77. The van der Waals surface area contributed by atoms with Crippen LogP contribution in [0.3, 0.4) is 0 Å². The third-order valence-electron chi connectivity index (χ3n) is 2.14. The summed E-state index contributed by atoms with van der Waals surface area (Å²) in [5.74, 6) is -0.121. The minimum absolute atomic E-state index is 0. The summed E-state index contributed by atoms with van der Waals surface area (Å²) in [5, 5.41) is 8.72. The number of aryl methyl sites for hydroxylation is 1. The van der Waals surface area contributed by atoms with Crippen LogP contribution in [0.15, 0.2) is 24.3 Å². The molecule has 0 saturated heterocycles. The molecular weight excluding hydrogens is 216 g/mol. The highest BCUT2D eigenvalue weighted by molar-refractivity contribution is 5.85. The highest BCUT2D eigenvalue weighted by Gasteiger charge is 2.08. The summed E-state index contributed by atoms with van der Waals surface area (Å²) in [7, 11) is 0. The van der Waals surface area contributed by atoms with Crippen molar-refractivity contribution in [2.24, 2.45) is 0 Å². The number of para-hydroxylation sites is 2. The first-order valence-electron chi connectivity index (χ1n) is 4.32. The predicted octanol–water partition coefficient (Wildman–Crippen LogP) is 1.85. The van der Waals surface area contributed by atoms with Crippen molar-refractivity contribution in [3.8, 4) is 0 Å². The lowest BCUT2D eigenvalue weighted by Gasteiger charge is -2.01. The first-order valence-corrected chi connectivity index (χ1v) is 4.32. The van der Waals surface area contributed by atoms with Crippen LogP contribution in [0.4, 0.5) is 0 Å². The minimum Gasteiger partial charge on any atom is -0.480 e. The molecular formula is C10H11ClN2O2. The summed E-state index contributed by atoms with van der Waals surface area (Å²) in [6, 6.07) is 7.51. The van der Waals surface area contributed by atoms with E-state index in [-0.39, 0.29) is 19.0 Å². The molecule has 0 aliphatic rings. The fourth-order valence-corrected chi connectivity index (χ4v) is 1.53. The Morgan fingerprint density at radius 3 is 2.80 bits per heavy atom. The first kappa shape index (κ1) is 11.5. The summed E-state index contributed by atoms with van der Waals surface area (Å²) < 4.78 is 1.69. The van der Waals surface area contributed by atoms with E-state index in [0.717, 1.165) is 16.9 Å². The van der Waals surface area contributed by atoms with Crippen molar-refractivity contribution in [1.29, 1.82) is 0 Å². The number of rotatable bonds is 2. The molecule has 0 amide bonds. The normalized spacial score (nSPS) is 9.93. The zero-order valence-corrected chi connectivity index (χ0v) is 8.99. The topological polar surface area (TPSA) is 55.1 Å². The molecule has 0 radical (unpaired) electrons. The molecule has 4 nitrogen and oxygen atoms in total. The second-order valence-electron chi connectivity index (χ2n) is 3.13. The molecule has 0 aliphatic heterocycles. The molecule has 2 rings (SSSR count). The predicted molar refractivity (Wildman–Crippen MR) is 59.4 cm³/mol. The van der Waals surface area contributed by atoms with Gasteiger partial charge in [-0.25, -0.2) is 4.98 Å². The number of aliphatic carboxylic acids is 1. The standard InChI is InChI=1S/C10H10N2O2.ClH/c1-7-11-8-4-2-3-5-9(8)12(7)6-10(13)14;/h2-5H,6H2,1H3,(H,13,14);1H. The van der Waals surface area contributed by atoms with Gasteiger partial charge < -0.3 is 9.67 Å². The Balaban J connectivity index is 0.00000112. The lowest BCUT2D eigenvalue weighted by molar-refractivity contribution is -0.137. The van der Waals surface area contributed by atoms with E-state index in [1.54, 1.807) is 4.57 Å². The Morgan fingerprint density at radius 2 is 2.13 bits per heavy atom. The van der Waals surface area contributed by atoms with E-state index < -0.39 is 5.97 Å². The molecule has 1 aromatic heterocycles. The molecule has 0 saturated carbocycles. The van der Waals surface area contributed by atoms with Gasteiger partial charge in [0.15, 0.2) is 0 Å². The molecule has 0 bridgehead atoms. The van der Waals surface area contributed by atoms with Crippen molar-refractivity contribution in [2.45, 2.75) is 13.5 Å². The van der Waals surface area contributed by atoms with Gasteiger partial charge in [0.25, 0.3) is 0 Å². The summed E-state index contributed by atoms with van der Waals surface area (Å²) in [4.78, 5) is 14.9. The fourth-order valence-electron chi connectivity index (χ4n) is 1.53. The van der Waals surface area contributed by atoms with E-state index in [9.17, 15) is 4.79 Å². The summed E-state index contributed by atoms with van der Waals surface area (Å²) in [5.41, 5.74) is 1.71. The van der Waals surface area contributed by atoms with Crippen molar-refractivity contribution >= 4 is 29.4 Å². The average molecular weight is 227 g/mol. The van der Waals surface area contributed by atoms with Crippen molar-refractivity contribution in [3.05, 3.63) is 30.1 Å². The second-order valence-corrected chi connectivity index (χ2v) is 3.13. The number of carboxylic acid groups (broad SMARTS) is 1. The van der Waals surface area contributed by atoms with Crippen molar-refractivity contribution in [3.63, 3.8) is 0 Å². The maximum Gasteiger partial charge on any atom is 0.323 e. The zero-order chi connectivity index (χ0) is 10.1. The lowest BCUT2D eigenvalue weighted by Crippen LogP contribution is -2.09. The molecule has 2 aromatic rings. The van der Waals surface area contributed by atoms with Gasteiger partial charge >= 0.3 is 5.97 Å². The van der Waals surface area contributed by atoms with E-state index in [4.69, 9.17) is 5.11 Å². The molecule has 0 spiro atoms. The van der Waals surface area contributed by atoms with Crippen LogP contribution < -0.4 is 0 Å². The van der Waals surface area contributed by atoms with Crippen LogP contribution >= 0.6 is 12.4 Å². The number of hydrogen-bond donors (Lipinski definition) is 1. The minimum atomic E-state index is -0.851. The monoisotopic (exact) mass is 226 g/mol. The SMILES string of the molecule is Cc1nc2ccccc2n1CC(=O)O.Cl. The molecule has 80 valence electrons. The Morgan fingerprint density at radius 1 is 1.47 bits per heavy atom. The number of fused-ring (bicyclic) bond motifs is 1. The van der Waals surface area contributed by atoms with Gasteiger partial charge in [0.2, 0.25) is 0 Å². The largest absolute Gasteiger partial charge is 0.480 e. The van der Waals surface area contributed by atoms with Crippen molar-refractivity contribution in [1.82, 2.24) is 9.55 Å². The van der Waals surface area contributed by atoms with E-state index in [0.29, 0.717) is 0 Å². The molecule has 1 heterocycles. The first-order chi connectivity index (χ1) is 6.68. The molecule has 0 unspecified atom stereocenters. The van der Waals surface area contributed by atoms with Crippen LogP contribution in [0.2, 0.25) is 0 Å². The summed E-state index contributed by atoms with van der Waals surface area (Å²) >= 11 is 0. The Kier molecular flexibility index (Phi) is 3.31. The third-order valence-corrected chi connectivity index (χ3v) is 2.14. The number of carbonyl (C=O) groups is 1. The van der Waals surface area contributed by atoms with Crippen LogP contribution in [0.25, 0.3) is 11.0 Å². The van der Waals surface area contributed by atoms with E-state index in [2.05, 4.69) is 4.98 Å². The van der Waals surface area contributed by atoms with Gasteiger partial charge in [-0.2, -0.15) is 0 Å². The molecule has 0 atom stereocenters. The van der Waals surface area contributed by atoms with Gasteiger partial charge in [-0.1, -0.05) is 12.1 Å². The maximum absolute atomic E-state index is 10.6. The van der Waals surface area contributed by atoms with Gasteiger partial charge in [0.05, 0.1) is 11.0 Å². The number of benzene rings is 1. The number of imidazole rings is 1. The lowest BCUT2D eigenvalue weighted by atomic mass is 10.3. The number of hydrogen-bond acceptors (Lipinski definition) is 2.